The lowest BCUT2D eigenvalue weighted by molar-refractivity contribution is 0.171. The first-order chi connectivity index (χ1) is 7.72. The molecule has 0 saturated heterocycles. The summed E-state index contributed by atoms with van der Waals surface area (Å²) in [5.74, 6) is 3.22. The van der Waals surface area contributed by atoms with E-state index in [9.17, 15) is 0 Å². The summed E-state index contributed by atoms with van der Waals surface area (Å²) in [6, 6.07) is 6.12. The molecule has 0 aliphatic carbocycles. The Balaban J connectivity index is 2.28. The molecule has 1 atom stereocenters. The molecular weight excluding hydrogens is 224 g/mol. The third-order valence-electron chi connectivity index (χ3n) is 2.97. The van der Waals surface area contributed by atoms with E-state index in [0.29, 0.717) is 30.9 Å². The predicted octanol–water partition coefficient (Wildman–Crippen LogP) is 3.44. The number of benzene rings is 1. The monoisotopic (exact) mass is 240 g/mol. The minimum atomic E-state index is 0.373. The molecule has 1 aromatic rings. The molecule has 88 valence electrons. The van der Waals surface area contributed by atoms with Gasteiger partial charge in [-0.15, -0.1) is 11.6 Å². The van der Waals surface area contributed by atoms with Crippen molar-refractivity contribution in [2.24, 2.45) is 5.92 Å². The summed E-state index contributed by atoms with van der Waals surface area (Å²) in [5, 5.41) is 0. The number of alkyl halides is 1. The smallest absolute Gasteiger partial charge is 0.161 e. The van der Waals surface area contributed by atoms with Crippen molar-refractivity contribution < 1.29 is 9.47 Å². The first-order valence-corrected chi connectivity index (χ1v) is 6.21. The second-order valence-corrected chi connectivity index (χ2v) is 4.72. The predicted molar refractivity (Wildman–Crippen MR) is 65.7 cm³/mol. The van der Waals surface area contributed by atoms with Crippen molar-refractivity contribution in [1.82, 2.24) is 0 Å². The van der Waals surface area contributed by atoms with Crippen molar-refractivity contribution in [3.63, 3.8) is 0 Å². The standard InChI is InChI=1S/C13H17ClO2/c1-9(2)11(8-14)10-3-4-12-13(7-10)16-6-5-15-12/h3-4,7,9,11H,5-6,8H2,1-2H3. The van der Waals surface area contributed by atoms with Crippen molar-refractivity contribution in [3.05, 3.63) is 23.8 Å². The topological polar surface area (TPSA) is 18.5 Å². The SMILES string of the molecule is CC(C)C(CCl)c1ccc2c(c1)OCCO2. The van der Waals surface area contributed by atoms with Crippen LogP contribution in [-0.2, 0) is 0 Å². The maximum atomic E-state index is 6.01. The van der Waals surface area contributed by atoms with Crippen LogP contribution in [0, 0.1) is 5.92 Å². The van der Waals surface area contributed by atoms with E-state index in [0.717, 1.165) is 11.5 Å². The highest BCUT2D eigenvalue weighted by Crippen LogP contribution is 2.35. The van der Waals surface area contributed by atoms with Crippen LogP contribution in [0.1, 0.15) is 25.3 Å². The second-order valence-electron chi connectivity index (χ2n) is 4.41. The lowest BCUT2D eigenvalue weighted by atomic mass is 9.90. The van der Waals surface area contributed by atoms with Gasteiger partial charge in [0.05, 0.1) is 0 Å². The Morgan fingerprint density at radius 3 is 2.50 bits per heavy atom. The minimum absolute atomic E-state index is 0.373. The van der Waals surface area contributed by atoms with Crippen LogP contribution in [0.3, 0.4) is 0 Å². The van der Waals surface area contributed by atoms with Crippen molar-refractivity contribution in [1.29, 1.82) is 0 Å². The van der Waals surface area contributed by atoms with Gasteiger partial charge in [-0.05, 0) is 29.5 Å². The van der Waals surface area contributed by atoms with Crippen molar-refractivity contribution in [2.45, 2.75) is 19.8 Å². The first-order valence-electron chi connectivity index (χ1n) is 5.68. The Morgan fingerprint density at radius 1 is 1.19 bits per heavy atom. The summed E-state index contributed by atoms with van der Waals surface area (Å²) in [6.45, 7) is 5.63. The Bertz CT molecular complexity index is 363. The van der Waals surface area contributed by atoms with Gasteiger partial charge in [0.15, 0.2) is 11.5 Å². The van der Waals surface area contributed by atoms with E-state index in [4.69, 9.17) is 21.1 Å². The second kappa shape index (κ2) is 4.96. The van der Waals surface area contributed by atoms with Gasteiger partial charge in [0, 0.05) is 5.88 Å². The number of ether oxygens (including phenoxy) is 2. The molecule has 0 radical (unpaired) electrons. The van der Waals surface area contributed by atoms with Gasteiger partial charge in [0.25, 0.3) is 0 Å². The van der Waals surface area contributed by atoms with E-state index in [1.54, 1.807) is 0 Å². The van der Waals surface area contributed by atoms with Crippen LogP contribution in [0.5, 0.6) is 11.5 Å². The molecule has 0 saturated carbocycles. The lowest BCUT2D eigenvalue weighted by Crippen LogP contribution is -2.16. The van der Waals surface area contributed by atoms with Gasteiger partial charge in [-0.25, -0.2) is 0 Å². The fourth-order valence-electron chi connectivity index (χ4n) is 1.94. The largest absolute Gasteiger partial charge is 0.486 e. The van der Waals surface area contributed by atoms with Gasteiger partial charge in [0.1, 0.15) is 13.2 Å². The van der Waals surface area contributed by atoms with E-state index in [2.05, 4.69) is 26.0 Å². The van der Waals surface area contributed by atoms with Gasteiger partial charge < -0.3 is 9.47 Å². The molecule has 0 fully saturated rings. The van der Waals surface area contributed by atoms with E-state index in [-0.39, 0.29) is 0 Å². The number of hydrogen-bond donors (Lipinski definition) is 0. The zero-order chi connectivity index (χ0) is 11.5. The van der Waals surface area contributed by atoms with Crippen LogP contribution in [0.15, 0.2) is 18.2 Å². The van der Waals surface area contributed by atoms with Crippen LogP contribution in [-0.4, -0.2) is 19.1 Å². The summed E-state index contributed by atoms with van der Waals surface area (Å²) in [7, 11) is 0. The molecule has 0 amide bonds. The van der Waals surface area contributed by atoms with Crippen molar-refractivity contribution in [3.8, 4) is 11.5 Å². The average Bonchev–Trinajstić information content (AvgIpc) is 2.29. The molecule has 2 nitrogen and oxygen atoms in total. The molecule has 1 heterocycles. The number of rotatable bonds is 3. The summed E-state index contributed by atoms with van der Waals surface area (Å²) >= 11 is 6.01. The van der Waals surface area contributed by atoms with Gasteiger partial charge in [0.2, 0.25) is 0 Å². The molecule has 16 heavy (non-hydrogen) atoms. The summed E-state index contributed by atoms with van der Waals surface area (Å²) in [5.41, 5.74) is 1.23. The summed E-state index contributed by atoms with van der Waals surface area (Å²) in [4.78, 5) is 0. The van der Waals surface area contributed by atoms with Crippen LogP contribution in [0.2, 0.25) is 0 Å². The van der Waals surface area contributed by atoms with E-state index >= 15 is 0 Å². The molecule has 0 spiro atoms. The normalized spacial score (nSPS) is 16.2. The Kier molecular flexibility index (Phi) is 3.59. The molecule has 1 aliphatic heterocycles. The quantitative estimate of drug-likeness (QED) is 0.754. The third kappa shape index (κ3) is 2.27. The third-order valence-corrected chi connectivity index (χ3v) is 3.30. The van der Waals surface area contributed by atoms with Gasteiger partial charge in [-0.2, -0.15) is 0 Å². The Hall–Kier alpha value is -0.890. The average molecular weight is 241 g/mol. The number of halogens is 1. The zero-order valence-electron chi connectivity index (χ0n) is 9.70. The van der Waals surface area contributed by atoms with Gasteiger partial charge in [-0.1, -0.05) is 19.9 Å². The molecule has 0 N–H and O–H groups in total. The maximum Gasteiger partial charge on any atom is 0.161 e. The Morgan fingerprint density at radius 2 is 1.88 bits per heavy atom. The molecule has 1 aromatic carbocycles. The lowest BCUT2D eigenvalue weighted by Gasteiger charge is -2.23. The fraction of sp³-hybridized carbons (Fsp3) is 0.538. The fourth-order valence-corrected chi connectivity index (χ4v) is 2.48. The summed E-state index contributed by atoms with van der Waals surface area (Å²) in [6.07, 6.45) is 0. The summed E-state index contributed by atoms with van der Waals surface area (Å²) < 4.78 is 11.1. The van der Waals surface area contributed by atoms with Crippen LogP contribution < -0.4 is 9.47 Å². The molecule has 3 heteroatoms. The highest BCUT2D eigenvalue weighted by atomic mass is 35.5. The van der Waals surface area contributed by atoms with Gasteiger partial charge >= 0.3 is 0 Å². The molecule has 1 aliphatic rings. The molecule has 0 bridgehead atoms. The van der Waals surface area contributed by atoms with Crippen LogP contribution in [0.25, 0.3) is 0 Å². The minimum Gasteiger partial charge on any atom is -0.486 e. The Labute approximate surface area is 102 Å². The highest BCUT2D eigenvalue weighted by Gasteiger charge is 2.18. The molecular formula is C13H17ClO2. The van der Waals surface area contributed by atoms with E-state index in [1.807, 2.05) is 6.07 Å². The molecule has 1 unspecified atom stereocenters. The van der Waals surface area contributed by atoms with Gasteiger partial charge in [-0.3, -0.25) is 0 Å². The zero-order valence-corrected chi connectivity index (χ0v) is 10.5. The number of hydrogen-bond acceptors (Lipinski definition) is 2. The van der Waals surface area contributed by atoms with Crippen LogP contribution in [0.4, 0.5) is 0 Å². The number of fused-ring (bicyclic) bond motifs is 1. The van der Waals surface area contributed by atoms with Crippen molar-refractivity contribution >= 4 is 11.6 Å². The van der Waals surface area contributed by atoms with E-state index in [1.165, 1.54) is 5.56 Å². The van der Waals surface area contributed by atoms with Crippen molar-refractivity contribution in [2.75, 3.05) is 19.1 Å². The maximum absolute atomic E-state index is 6.01. The first kappa shape index (κ1) is 11.6. The molecule has 2 rings (SSSR count). The van der Waals surface area contributed by atoms with E-state index < -0.39 is 0 Å². The highest BCUT2D eigenvalue weighted by molar-refractivity contribution is 6.18. The van der Waals surface area contributed by atoms with Crippen LogP contribution >= 0.6 is 11.6 Å². The molecule has 0 aromatic heterocycles.